The molecule has 1 atom stereocenters. The summed E-state index contributed by atoms with van der Waals surface area (Å²) in [6.45, 7) is 1.94. The van der Waals surface area contributed by atoms with Crippen LogP contribution < -0.4 is 5.32 Å². The van der Waals surface area contributed by atoms with Gasteiger partial charge in [-0.25, -0.2) is 14.1 Å². The molecule has 0 spiro atoms. The summed E-state index contributed by atoms with van der Waals surface area (Å²) in [6, 6.07) is 10.8. The molecule has 2 heterocycles. The molecule has 1 aromatic carbocycles. The molecule has 112 valence electrons. The van der Waals surface area contributed by atoms with Crippen molar-refractivity contribution in [1.29, 1.82) is 0 Å². The van der Waals surface area contributed by atoms with E-state index >= 15 is 0 Å². The van der Waals surface area contributed by atoms with Gasteiger partial charge in [-0.15, -0.1) is 0 Å². The Kier molecular flexibility index (Phi) is 4.06. The van der Waals surface area contributed by atoms with Gasteiger partial charge in [0.1, 0.15) is 0 Å². The molecular weight excluding hydrogens is 303 g/mol. The molecule has 1 unspecified atom stereocenters. The van der Waals surface area contributed by atoms with Gasteiger partial charge in [0, 0.05) is 18.6 Å². The van der Waals surface area contributed by atoms with E-state index in [2.05, 4.69) is 15.4 Å². The van der Waals surface area contributed by atoms with Crippen LogP contribution in [0.25, 0.3) is 5.69 Å². The molecule has 1 N–H and O–H groups in total. The summed E-state index contributed by atoms with van der Waals surface area (Å²) in [7, 11) is 0. The van der Waals surface area contributed by atoms with Gasteiger partial charge in [-0.05, 0) is 30.7 Å². The Labute approximate surface area is 132 Å². The quantitative estimate of drug-likeness (QED) is 0.783. The number of hydrogen-bond acceptors (Lipinski definition) is 3. The number of nitrogens with zero attached hydrogens (tertiary/aromatic N) is 3. The fourth-order valence-corrected chi connectivity index (χ4v) is 2.42. The SMILES string of the molecule is CC(Nc1ncc(Cl)cc1F)c1ccccc1-n1cccn1. The molecule has 0 radical (unpaired) electrons. The molecule has 0 aliphatic heterocycles. The van der Waals surface area contributed by atoms with Crippen molar-refractivity contribution in [2.45, 2.75) is 13.0 Å². The Hall–Kier alpha value is -2.40. The third-order valence-corrected chi connectivity index (χ3v) is 3.52. The number of nitrogens with one attached hydrogen (secondary N) is 1. The molecule has 4 nitrogen and oxygen atoms in total. The van der Waals surface area contributed by atoms with Crippen LogP contribution in [-0.2, 0) is 0 Å². The summed E-state index contributed by atoms with van der Waals surface area (Å²) in [5.74, 6) is -0.303. The first-order valence-corrected chi connectivity index (χ1v) is 7.19. The van der Waals surface area contributed by atoms with Crippen molar-refractivity contribution < 1.29 is 4.39 Å². The van der Waals surface area contributed by atoms with Crippen LogP contribution in [0.15, 0.2) is 55.0 Å². The summed E-state index contributed by atoms with van der Waals surface area (Å²) < 4.78 is 15.7. The molecule has 22 heavy (non-hydrogen) atoms. The minimum absolute atomic E-state index is 0.149. The van der Waals surface area contributed by atoms with Crippen LogP contribution in [-0.4, -0.2) is 14.8 Å². The zero-order chi connectivity index (χ0) is 15.5. The van der Waals surface area contributed by atoms with E-state index in [1.807, 2.05) is 43.5 Å². The Morgan fingerprint density at radius 1 is 1.27 bits per heavy atom. The van der Waals surface area contributed by atoms with Gasteiger partial charge in [0.2, 0.25) is 0 Å². The normalized spacial score (nSPS) is 12.1. The maximum atomic E-state index is 13.9. The predicted molar refractivity (Wildman–Crippen MR) is 84.8 cm³/mol. The minimum Gasteiger partial charge on any atom is -0.361 e. The van der Waals surface area contributed by atoms with Gasteiger partial charge < -0.3 is 5.32 Å². The van der Waals surface area contributed by atoms with Crippen LogP contribution in [0.2, 0.25) is 5.02 Å². The average Bonchev–Trinajstić information content (AvgIpc) is 3.04. The van der Waals surface area contributed by atoms with Gasteiger partial charge in [0.05, 0.1) is 16.8 Å². The van der Waals surface area contributed by atoms with E-state index in [0.717, 1.165) is 11.3 Å². The Morgan fingerprint density at radius 2 is 2.09 bits per heavy atom. The summed E-state index contributed by atoms with van der Waals surface area (Å²) >= 11 is 5.72. The molecule has 0 fully saturated rings. The van der Waals surface area contributed by atoms with Crippen molar-refractivity contribution in [1.82, 2.24) is 14.8 Å². The van der Waals surface area contributed by atoms with E-state index < -0.39 is 5.82 Å². The van der Waals surface area contributed by atoms with Crippen molar-refractivity contribution in [3.63, 3.8) is 0 Å². The van der Waals surface area contributed by atoms with Gasteiger partial charge in [0.25, 0.3) is 0 Å². The number of aromatic nitrogens is 3. The number of anilines is 1. The largest absolute Gasteiger partial charge is 0.361 e. The average molecular weight is 317 g/mol. The monoisotopic (exact) mass is 316 g/mol. The highest BCUT2D eigenvalue weighted by atomic mass is 35.5. The molecule has 0 saturated heterocycles. The number of benzene rings is 1. The molecule has 0 bridgehead atoms. The molecule has 0 aliphatic carbocycles. The first kappa shape index (κ1) is 14.5. The number of halogens is 2. The van der Waals surface area contributed by atoms with E-state index in [9.17, 15) is 4.39 Å². The van der Waals surface area contributed by atoms with E-state index in [4.69, 9.17) is 11.6 Å². The lowest BCUT2D eigenvalue weighted by molar-refractivity contribution is 0.621. The maximum absolute atomic E-state index is 13.9. The van der Waals surface area contributed by atoms with Crippen LogP contribution in [0.5, 0.6) is 0 Å². The Bertz CT molecular complexity index is 774. The van der Waals surface area contributed by atoms with E-state index in [1.165, 1.54) is 12.3 Å². The van der Waals surface area contributed by atoms with E-state index in [1.54, 1.807) is 10.9 Å². The van der Waals surface area contributed by atoms with E-state index in [-0.39, 0.29) is 16.9 Å². The van der Waals surface area contributed by atoms with Gasteiger partial charge in [-0.3, -0.25) is 0 Å². The topological polar surface area (TPSA) is 42.7 Å². The lowest BCUT2D eigenvalue weighted by Gasteiger charge is -2.18. The van der Waals surface area contributed by atoms with Crippen molar-refractivity contribution >= 4 is 17.4 Å². The first-order chi connectivity index (χ1) is 10.6. The molecule has 6 heteroatoms. The summed E-state index contributed by atoms with van der Waals surface area (Å²) in [5.41, 5.74) is 1.92. The van der Waals surface area contributed by atoms with Crippen molar-refractivity contribution in [3.05, 3.63) is 71.4 Å². The minimum atomic E-state index is -0.476. The Morgan fingerprint density at radius 3 is 2.82 bits per heavy atom. The molecule has 0 aliphatic rings. The lowest BCUT2D eigenvalue weighted by atomic mass is 10.1. The smallest absolute Gasteiger partial charge is 0.166 e. The molecule has 3 aromatic rings. The van der Waals surface area contributed by atoms with Crippen LogP contribution in [0.4, 0.5) is 10.2 Å². The highest BCUT2D eigenvalue weighted by Crippen LogP contribution is 2.25. The molecular formula is C16H14ClFN4. The number of para-hydroxylation sites is 1. The second-order valence-corrected chi connectivity index (χ2v) is 5.30. The highest BCUT2D eigenvalue weighted by molar-refractivity contribution is 6.30. The second kappa shape index (κ2) is 6.15. The van der Waals surface area contributed by atoms with E-state index in [0.29, 0.717) is 0 Å². The zero-order valence-corrected chi connectivity index (χ0v) is 12.6. The van der Waals surface area contributed by atoms with Gasteiger partial charge in [-0.2, -0.15) is 5.10 Å². The van der Waals surface area contributed by atoms with Crippen molar-refractivity contribution in [2.75, 3.05) is 5.32 Å². The summed E-state index contributed by atoms with van der Waals surface area (Å²) in [4.78, 5) is 4.00. The van der Waals surface area contributed by atoms with Crippen molar-refractivity contribution in [2.24, 2.45) is 0 Å². The molecule has 0 saturated carbocycles. The van der Waals surface area contributed by atoms with Crippen molar-refractivity contribution in [3.8, 4) is 5.69 Å². The fraction of sp³-hybridized carbons (Fsp3) is 0.125. The lowest BCUT2D eigenvalue weighted by Crippen LogP contribution is -2.12. The highest BCUT2D eigenvalue weighted by Gasteiger charge is 2.14. The van der Waals surface area contributed by atoms with Crippen LogP contribution >= 0.6 is 11.6 Å². The summed E-state index contributed by atoms with van der Waals surface area (Å²) in [6.07, 6.45) is 5.00. The van der Waals surface area contributed by atoms with Crippen LogP contribution in [0.3, 0.4) is 0 Å². The number of hydrogen-bond donors (Lipinski definition) is 1. The van der Waals surface area contributed by atoms with Crippen LogP contribution in [0, 0.1) is 5.82 Å². The number of rotatable bonds is 4. The van der Waals surface area contributed by atoms with Gasteiger partial charge >= 0.3 is 0 Å². The second-order valence-electron chi connectivity index (χ2n) is 4.86. The molecule has 2 aromatic heterocycles. The first-order valence-electron chi connectivity index (χ1n) is 6.81. The standard InChI is InChI=1S/C16H14ClFN4/c1-11(21-16-14(18)9-12(17)10-19-16)13-5-2-3-6-15(13)22-8-4-7-20-22/h2-11H,1H3,(H,19,21). The third-order valence-electron chi connectivity index (χ3n) is 3.32. The molecule has 3 rings (SSSR count). The molecule has 0 amide bonds. The maximum Gasteiger partial charge on any atom is 0.166 e. The van der Waals surface area contributed by atoms with Gasteiger partial charge in [0.15, 0.2) is 11.6 Å². The predicted octanol–water partition coefficient (Wildman–Crippen LogP) is 4.23. The summed E-state index contributed by atoms with van der Waals surface area (Å²) in [5, 5.41) is 7.59. The van der Waals surface area contributed by atoms with Crippen LogP contribution in [0.1, 0.15) is 18.5 Å². The number of pyridine rings is 1. The third kappa shape index (κ3) is 2.94. The fourth-order valence-electron chi connectivity index (χ4n) is 2.28. The zero-order valence-electron chi connectivity index (χ0n) is 11.9. The van der Waals surface area contributed by atoms with Gasteiger partial charge in [-0.1, -0.05) is 29.8 Å². The Balaban J connectivity index is 1.91.